The predicted molar refractivity (Wildman–Crippen MR) is 70.9 cm³/mol. The molecule has 0 aromatic rings. The fourth-order valence-corrected chi connectivity index (χ4v) is 2.39. The van der Waals surface area contributed by atoms with E-state index < -0.39 is 0 Å². The Morgan fingerprint density at radius 3 is 2.50 bits per heavy atom. The van der Waals surface area contributed by atoms with E-state index in [1.807, 2.05) is 0 Å². The van der Waals surface area contributed by atoms with Crippen LogP contribution < -0.4 is 5.32 Å². The van der Waals surface area contributed by atoms with Crippen LogP contribution in [0.5, 0.6) is 0 Å². The van der Waals surface area contributed by atoms with Gasteiger partial charge in [-0.2, -0.15) is 0 Å². The van der Waals surface area contributed by atoms with Gasteiger partial charge in [0.2, 0.25) is 0 Å². The van der Waals surface area contributed by atoms with Crippen LogP contribution in [0.3, 0.4) is 0 Å². The minimum Gasteiger partial charge on any atom is -0.311 e. The summed E-state index contributed by atoms with van der Waals surface area (Å²) in [5.41, 5.74) is 0. The van der Waals surface area contributed by atoms with Gasteiger partial charge in [-0.1, -0.05) is 13.8 Å². The number of rotatable bonds is 7. The molecule has 1 aliphatic rings. The van der Waals surface area contributed by atoms with Crippen LogP contribution in [0.25, 0.3) is 0 Å². The molecular weight excluding hydrogens is 198 g/mol. The third-order valence-corrected chi connectivity index (χ3v) is 3.71. The molecule has 0 bridgehead atoms. The number of nitrogens with one attached hydrogen (secondary N) is 1. The lowest BCUT2D eigenvalue weighted by atomic mass is 10.2. The molecule has 0 aromatic carbocycles. The first-order valence-corrected chi connectivity index (χ1v) is 6.87. The van der Waals surface area contributed by atoms with Gasteiger partial charge in [-0.3, -0.25) is 4.90 Å². The van der Waals surface area contributed by atoms with Crippen molar-refractivity contribution in [3.05, 3.63) is 0 Å². The molecule has 0 radical (unpaired) electrons. The van der Waals surface area contributed by atoms with E-state index in [9.17, 15) is 0 Å². The minimum atomic E-state index is 0.703. The largest absolute Gasteiger partial charge is 0.311 e. The smallest absolute Gasteiger partial charge is 0.0207 e. The summed E-state index contributed by atoms with van der Waals surface area (Å²) in [5, 5.41) is 3.68. The Balaban J connectivity index is 2.11. The van der Waals surface area contributed by atoms with E-state index in [2.05, 4.69) is 42.8 Å². The van der Waals surface area contributed by atoms with Gasteiger partial charge < -0.3 is 10.2 Å². The molecule has 1 fully saturated rings. The molecule has 0 aromatic heterocycles. The predicted octanol–water partition coefficient (Wildman–Crippen LogP) is 1.40. The van der Waals surface area contributed by atoms with Crippen LogP contribution >= 0.6 is 0 Å². The van der Waals surface area contributed by atoms with Gasteiger partial charge in [-0.25, -0.2) is 0 Å². The molecule has 0 aliphatic carbocycles. The SMILES string of the molecule is CCN(CC)CCNC1CCN(C(C)C)C1. The molecular formula is C13H29N3. The third kappa shape index (κ3) is 4.40. The third-order valence-electron chi connectivity index (χ3n) is 3.71. The fraction of sp³-hybridized carbons (Fsp3) is 1.00. The Kier molecular flexibility index (Phi) is 6.32. The molecule has 3 heteroatoms. The maximum Gasteiger partial charge on any atom is 0.0207 e. The lowest BCUT2D eigenvalue weighted by Crippen LogP contribution is -2.39. The van der Waals surface area contributed by atoms with E-state index in [4.69, 9.17) is 0 Å². The van der Waals surface area contributed by atoms with Crippen molar-refractivity contribution >= 4 is 0 Å². The summed E-state index contributed by atoms with van der Waals surface area (Å²) in [5.74, 6) is 0. The Bertz CT molecular complexity index is 178. The van der Waals surface area contributed by atoms with Crippen molar-refractivity contribution < 1.29 is 0 Å². The van der Waals surface area contributed by atoms with Gasteiger partial charge in [0.25, 0.3) is 0 Å². The van der Waals surface area contributed by atoms with Gasteiger partial charge in [0, 0.05) is 31.7 Å². The zero-order valence-electron chi connectivity index (χ0n) is 11.5. The quantitative estimate of drug-likeness (QED) is 0.709. The molecule has 1 rings (SSSR count). The zero-order valence-corrected chi connectivity index (χ0v) is 11.5. The standard InChI is InChI=1S/C13H29N3/c1-5-15(6-2)10-8-14-13-7-9-16(11-13)12(3)4/h12-14H,5-11H2,1-4H3. The molecule has 1 atom stereocenters. The summed E-state index contributed by atoms with van der Waals surface area (Å²) < 4.78 is 0. The van der Waals surface area contributed by atoms with Gasteiger partial charge >= 0.3 is 0 Å². The summed E-state index contributed by atoms with van der Waals surface area (Å²) in [6.07, 6.45) is 1.32. The second-order valence-electron chi connectivity index (χ2n) is 5.06. The maximum atomic E-state index is 3.68. The number of hydrogen-bond acceptors (Lipinski definition) is 3. The summed E-state index contributed by atoms with van der Waals surface area (Å²) >= 11 is 0. The molecule has 16 heavy (non-hydrogen) atoms. The van der Waals surface area contributed by atoms with Crippen LogP contribution in [0, 0.1) is 0 Å². The minimum absolute atomic E-state index is 0.703. The van der Waals surface area contributed by atoms with Crippen molar-refractivity contribution in [1.82, 2.24) is 15.1 Å². The van der Waals surface area contributed by atoms with Crippen LogP contribution in [-0.4, -0.2) is 61.2 Å². The maximum absolute atomic E-state index is 3.68. The fourth-order valence-electron chi connectivity index (χ4n) is 2.39. The van der Waals surface area contributed by atoms with Gasteiger partial charge in [-0.15, -0.1) is 0 Å². The van der Waals surface area contributed by atoms with E-state index in [1.165, 1.54) is 39.1 Å². The van der Waals surface area contributed by atoms with E-state index in [1.54, 1.807) is 0 Å². The lowest BCUT2D eigenvalue weighted by Gasteiger charge is -2.22. The molecule has 1 N–H and O–H groups in total. The second-order valence-corrected chi connectivity index (χ2v) is 5.06. The highest BCUT2D eigenvalue weighted by atomic mass is 15.2. The van der Waals surface area contributed by atoms with Crippen molar-refractivity contribution in [1.29, 1.82) is 0 Å². The Morgan fingerprint density at radius 2 is 2.00 bits per heavy atom. The van der Waals surface area contributed by atoms with Gasteiger partial charge in [0.15, 0.2) is 0 Å². The first kappa shape index (κ1) is 13.9. The van der Waals surface area contributed by atoms with Crippen LogP contribution in [0.15, 0.2) is 0 Å². The van der Waals surface area contributed by atoms with Crippen LogP contribution in [-0.2, 0) is 0 Å². The average Bonchev–Trinajstić information content (AvgIpc) is 2.73. The summed E-state index contributed by atoms with van der Waals surface area (Å²) in [6, 6.07) is 1.42. The molecule has 0 amide bonds. The highest BCUT2D eigenvalue weighted by molar-refractivity contribution is 4.82. The lowest BCUT2D eigenvalue weighted by molar-refractivity contribution is 0.263. The molecule has 1 heterocycles. The highest BCUT2D eigenvalue weighted by Gasteiger charge is 2.23. The summed E-state index contributed by atoms with van der Waals surface area (Å²) in [4.78, 5) is 5.04. The summed E-state index contributed by atoms with van der Waals surface area (Å²) in [7, 11) is 0. The molecule has 0 saturated carbocycles. The molecule has 3 nitrogen and oxygen atoms in total. The van der Waals surface area contributed by atoms with Crippen molar-refractivity contribution in [2.45, 2.75) is 46.2 Å². The van der Waals surface area contributed by atoms with E-state index in [-0.39, 0.29) is 0 Å². The first-order chi connectivity index (χ1) is 7.67. The first-order valence-electron chi connectivity index (χ1n) is 6.87. The number of hydrogen-bond donors (Lipinski definition) is 1. The molecule has 1 aliphatic heterocycles. The van der Waals surface area contributed by atoms with Crippen molar-refractivity contribution in [3.8, 4) is 0 Å². The van der Waals surface area contributed by atoms with E-state index in [0.717, 1.165) is 12.6 Å². The second kappa shape index (κ2) is 7.25. The molecule has 1 saturated heterocycles. The zero-order chi connectivity index (χ0) is 12.0. The van der Waals surface area contributed by atoms with E-state index >= 15 is 0 Å². The number of likely N-dealkylation sites (tertiary alicyclic amines) is 1. The topological polar surface area (TPSA) is 18.5 Å². The highest BCUT2D eigenvalue weighted by Crippen LogP contribution is 2.11. The average molecular weight is 227 g/mol. The monoisotopic (exact) mass is 227 g/mol. The Labute approximate surface area is 101 Å². The molecule has 96 valence electrons. The van der Waals surface area contributed by atoms with Gasteiger partial charge in [-0.05, 0) is 39.9 Å². The van der Waals surface area contributed by atoms with Gasteiger partial charge in [0.05, 0.1) is 0 Å². The number of likely N-dealkylation sites (N-methyl/N-ethyl adjacent to an activating group) is 1. The Hall–Kier alpha value is -0.120. The van der Waals surface area contributed by atoms with Crippen LogP contribution in [0.2, 0.25) is 0 Å². The van der Waals surface area contributed by atoms with E-state index in [0.29, 0.717) is 6.04 Å². The molecule has 0 spiro atoms. The van der Waals surface area contributed by atoms with Crippen molar-refractivity contribution in [2.24, 2.45) is 0 Å². The van der Waals surface area contributed by atoms with Crippen molar-refractivity contribution in [2.75, 3.05) is 39.3 Å². The van der Waals surface area contributed by atoms with Crippen LogP contribution in [0.4, 0.5) is 0 Å². The normalized spacial score (nSPS) is 22.5. The summed E-state index contributed by atoms with van der Waals surface area (Å²) in [6.45, 7) is 16.2. The molecule has 1 unspecified atom stereocenters. The Morgan fingerprint density at radius 1 is 1.31 bits per heavy atom. The van der Waals surface area contributed by atoms with Gasteiger partial charge in [0.1, 0.15) is 0 Å². The van der Waals surface area contributed by atoms with Crippen LogP contribution in [0.1, 0.15) is 34.1 Å². The number of nitrogens with zero attached hydrogens (tertiary/aromatic N) is 2. The van der Waals surface area contributed by atoms with Crippen molar-refractivity contribution in [3.63, 3.8) is 0 Å².